The normalized spacial score (nSPS) is 9.69. The van der Waals surface area contributed by atoms with Gasteiger partial charge in [-0.05, 0) is 12.1 Å². The first-order valence-electron chi connectivity index (χ1n) is 4.00. The fourth-order valence-corrected chi connectivity index (χ4v) is 0.905. The summed E-state index contributed by atoms with van der Waals surface area (Å²) in [4.78, 5) is 0. The molecule has 13 heavy (non-hydrogen) atoms. The number of rotatable bonds is 5. The first-order chi connectivity index (χ1) is 6.36. The summed E-state index contributed by atoms with van der Waals surface area (Å²) >= 11 is 0. The van der Waals surface area contributed by atoms with Crippen LogP contribution in [0.5, 0.6) is 11.5 Å². The third-order valence-electron chi connectivity index (χ3n) is 1.52. The Morgan fingerprint density at radius 1 is 1.38 bits per heavy atom. The number of ether oxygens (including phenoxy) is 2. The molecule has 0 aliphatic carbocycles. The van der Waals surface area contributed by atoms with Crippen LogP contribution in [0.2, 0.25) is 0 Å². The summed E-state index contributed by atoms with van der Waals surface area (Å²) in [5.41, 5.74) is 2.01. The molecule has 72 valence electrons. The Morgan fingerprint density at radius 3 is 2.85 bits per heavy atom. The van der Waals surface area contributed by atoms with Gasteiger partial charge in [0, 0.05) is 6.07 Å². The van der Waals surface area contributed by atoms with E-state index in [9.17, 15) is 0 Å². The molecule has 0 atom stereocenters. The van der Waals surface area contributed by atoms with Crippen LogP contribution in [0.3, 0.4) is 0 Å². The first kappa shape index (κ1) is 9.83. The van der Waals surface area contributed by atoms with Crippen molar-refractivity contribution in [1.82, 2.24) is 5.48 Å². The van der Waals surface area contributed by atoms with Crippen molar-refractivity contribution in [2.75, 3.05) is 20.3 Å². The summed E-state index contributed by atoms with van der Waals surface area (Å²) in [5, 5.41) is 8.29. The molecule has 0 fully saturated rings. The van der Waals surface area contributed by atoms with Crippen LogP contribution in [0.15, 0.2) is 24.3 Å². The molecule has 0 spiro atoms. The molecule has 4 heteroatoms. The minimum Gasteiger partial charge on any atom is -0.497 e. The Morgan fingerprint density at radius 2 is 2.15 bits per heavy atom. The molecule has 0 saturated heterocycles. The number of hydrogen-bond donors (Lipinski definition) is 2. The van der Waals surface area contributed by atoms with E-state index in [-0.39, 0.29) is 0 Å². The van der Waals surface area contributed by atoms with Gasteiger partial charge in [-0.15, -0.1) is 0 Å². The maximum Gasteiger partial charge on any atom is 0.123 e. The van der Waals surface area contributed by atoms with Crippen LogP contribution >= 0.6 is 0 Å². The highest BCUT2D eigenvalue weighted by Gasteiger charge is 1.95. The van der Waals surface area contributed by atoms with Crippen LogP contribution in [0.4, 0.5) is 0 Å². The molecular formula is C9H13NO3. The van der Waals surface area contributed by atoms with Crippen LogP contribution in [-0.4, -0.2) is 25.5 Å². The van der Waals surface area contributed by atoms with Crippen molar-refractivity contribution in [1.29, 1.82) is 0 Å². The number of nitrogens with one attached hydrogen (secondary N) is 1. The maximum atomic E-state index is 8.29. The number of hydroxylamine groups is 1. The Kier molecular flexibility index (Phi) is 4.08. The van der Waals surface area contributed by atoms with Gasteiger partial charge in [0.25, 0.3) is 0 Å². The van der Waals surface area contributed by atoms with Gasteiger partial charge in [-0.1, -0.05) is 6.07 Å². The predicted octanol–water partition coefficient (Wildman–Crippen LogP) is 1.05. The minimum absolute atomic E-state index is 0.400. The second-order valence-electron chi connectivity index (χ2n) is 2.44. The molecule has 0 radical (unpaired) electrons. The van der Waals surface area contributed by atoms with Crippen LogP contribution in [-0.2, 0) is 0 Å². The van der Waals surface area contributed by atoms with Gasteiger partial charge in [-0.25, -0.2) is 5.48 Å². The Labute approximate surface area is 77.1 Å². The van der Waals surface area contributed by atoms with Gasteiger partial charge in [-0.3, -0.25) is 0 Å². The van der Waals surface area contributed by atoms with Gasteiger partial charge >= 0.3 is 0 Å². The molecule has 4 nitrogen and oxygen atoms in total. The van der Waals surface area contributed by atoms with Gasteiger partial charge in [0.1, 0.15) is 18.1 Å². The third-order valence-corrected chi connectivity index (χ3v) is 1.52. The number of benzene rings is 1. The van der Waals surface area contributed by atoms with Gasteiger partial charge in [0.15, 0.2) is 0 Å². The fraction of sp³-hybridized carbons (Fsp3) is 0.333. The van der Waals surface area contributed by atoms with Gasteiger partial charge in [0.2, 0.25) is 0 Å². The van der Waals surface area contributed by atoms with Crippen molar-refractivity contribution in [3.05, 3.63) is 24.3 Å². The third kappa shape index (κ3) is 3.31. The lowest BCUT2D eigenvalue weighted by Crippen LogP contribution is -2.16. The maximum absolute atomic E-state index is 8.29. The van der Waals surface area contributed by atoms with Crippen LogP contribution in [0.1, 0.15) is 0 Å². The van der Waals surface area contributed by atoms with Crippen LogP contribution in [0.25, 0.3) is 0 Å². The lowest BCUT2D eigenvalue weighted by Gasteiger charge is -2.06. The molecule has 0 unspecified atom stereocenters. The Bertz CT molecular complexity index is 252. The molecular weight excluding hydrogens is 170 g/mol. The van der Waals surface area contributed by atoms with Crippen molar-refractivity contribution in [3.8, 4) is 11.5 Å². The van der Waals surface area contributed by atoms with E-state index in [0.29, 0.717) is 13.2 Å². The van der Waals surface area contributed by atoms with Crippen molar-refractivity contribution in [2.24, 2.45) is 0 Å². The summed E-state index contributed by atoms with van der Waals surface area (Å²) in [6.45, 7) is 0.820. The lowest BCUT2D eigenvalue weighted by atomic mass is 10.3. The average molecular weight is 183 g/mol. The lowest BCUT2D eigenvalue weighted by molar-refractivity contribution is 0.145. The highest BCUT2D eigenvalue weighted by Crippen LogP contribution is 2.18. The summed E-state index contributed by atoms with van der Waals surface area (Å²) in [6, 6.07) is 7.31. The van der Waals surface area contributed by atoms with Crippen LogP contribution in [0, 0.1) is 0 Å². The molecule has 1 aromatic carbocycles. The topological polar surface area (TPSA) is 50.7 Å². The summed E-state index contributed by atoms with van der Waals surface area (Å²) < 4.78 is 10.3. The fourth-order valence-electron chi connectivity index (χ4n) is 0.905. The molecule has 0 saturated carbocycles. The molecule has 0 bridgehead atoms. The van der Waals surface area contributed by atoms with E-state index in [1.807, 2.05) is 23.7 Å². The highest BCUT2D eigenvalue weighted by molar-refractivity contribution is 5.32. The van der Waals surface area contributed by atoms with Crippen molar-refractivity contribution >= 4 is 0 Å². The standard InChI is InChI=1S/C9H13NO3/c1-12-8-3-2-4-9(7-8)13-6-5-10-11/h2-4,7,10-11H,5-6H2,1H3. The molecule has 0 aliphatic heterocycles. The summed E-state index contributed by atoms with van der Waals surface area (Å²) in [5.74, 6) is 1.49. The zero-order valence-electron chi connectivity index (χ0n) is 7.49. The SMILES string of the molecule is COc1cccc(OCCNO)c1. The highest BCUT2D eigenvalue weighted by atomic mass is 16.5. The Balaban J connectivity index is 2.46. The smallest absolute Gasteiger partial charge is 0.123 e. The molecule has 1 aromatic rings. The van der Waals surface area contributed by atoms with Crippen molar-refractivity contribution in [3.63, 3.8) is 0 Å². The minimum atomic E-state index is 0.400. The molecule has 0 heterocycles. The van der Waals surface area contributed by atoms with Gasteiger partial charge < -0.3 is 14.7 Å². The monoisotopic (exact) mass is 183 g/mol. The van der Waals surface area contributed by atoms with Gasteiger partial charge in [0.05, 0.1) is 13.7 Å². The van der Waals surface area contributed by atoms with E-state index in [2.05, 4.69) is 0 Å². The molecule has 0 aromatic heterocycles. The van der Waals surface area contributed by atoms with E-state index >= 15 is 0 Å². The first-order valence-corrected chi connectivity index (χ1v) is 4.00. The summed E-state index contributed by atoms with van der Waals surface area (Å²) in [6.07, 6.45) is 0. The Hall–Kier alpha value is -1.26. The molecule has 0 amide bonds. The van der Waals surface area contributed by atoms with E-state index in [1.54, 1.807) is 13.2 Å². The zero-order valence-corrected chi connectivity index (χ0v) is 7.49. The molecule has 0 aliphatic rings. The number of hydrogen-bond acceptors (Lipinski definition) is 4. The predicted molar refractivity (Wildman–Crippen MR) is 48.3 cm³/mol. The van der Waals surface area contributed by atoms with E-state index in [0.717, 1.165) is 11.5 Å². The zero-order chi connectivity index (χ0) is 9.52. The second kappa shape index (κ2) is 5.40. The molecule has 2 N–H and O–H groups in total. The van der Waals surface area contributed by atoms with E-state index in [1.165, 1.54) is 0 Å². The second-order valence-corrected chi connectivity index (χ2v) is 2.44. The van der Waals surface area contributed by atoms with Crippen molar-refractivity contribution in [2.45, 2.75) is 0 Å². The van der Waals surface area contributed by atoms with E-state index in [4.69, 9.17) is 14.7 Å². The number of methoxy groups -OCH3 is 1. The van der Waals surface area contributed by atoms with Gasteiger partial charge in [-0.2, -0.15) is 0 Å². The largest absolute Gasteiger partial charge is 0.497 e. The van der Waals surface area contributed by atoms with Crippen LogP contribution < -0.4 is 15.0 Å². The quantitative estimate of drug-likeness (QED) is 0.529. The summed E-state index contributed by atoms with van der Waals surface area (Å²) in [7, 11) is 1.61. The average Bonchev–Trinajstić information content (AvgIpc) is 2.19. The van der Waals surface area contributed by atoms with Crippen molar-refractivity contribution < 1.29 is 14.7 Å². The molecule has 1 rings (SSSR count). The van der Waals surface area contributed by atoms with E-state index < -0.39 is 0 Å².